The molecular formula is C36H24N2O4S4. The fraction of sp³-hybridized carbons (Fsp3) is 0. The first kappa shape index (κ1) is 30.2. The molecule has 2 aliphatic heterocycles. The summed E-state index contributed by atoms with van der Waals surface area (Å²) in [7, 11) is 0. The van der Waals surface area contributed by atoms with Crippen LogP contribution in [-0.4, -0.2) is 22.0 Å². The molecule has 0 fully saturated rings. The van der Waals surface area contributed by atoms with E-state index in [4.69, 9.17) is 0 Å². The second kappa shape index (κ2) is 13.1. The average Bonchev–Trinajstić information content (AvgIpc) is 3.72. The normalized spacial score (nSPS) is 13.1. The number of aromatic hydroxyl groups is 2. The SMILES string of the molecule is O=C(Nc1ccccc1)C(=C1Sc2c(O)c3c(c(O)c2S1)SC(=C(C(=O)Nc1ccccc1)c1ccccc1)S3)c1ccccc1. The molecule has 5 aromatic rings. The van der Waals surface area contributed by atoms with E-state index in [0.29, 0.717) is 50.6 Å². The van der Waals surface area contributed by atoms with Gasteiger partial charge in [-0.25, -0.2) is 0 Å². The van der Waals surface area contributed by atoms with E-state index in [1.807, 2.05) is 121 Å². The Balaban J connectivity index is 1.27. The van der Waals surface area contributed by atoms with Crippen LogP contribution in [0.3, 0.4) is 0 Å². The van der Waals surface area contributed by atoms with Gasteiger partial charge in [0, 0.05) is 11.4 Å². The molecule has 5 aromatic carbocycles. The van der Waals surface area contributed by atoms with Gasteiger partial charge in [-0.15, -0.1) is 0 Å². The van der Waals surface area contributed by atoms with Crippen molar-refractivity contribution in [1.29, 1.82) is 0 Å². The van der Waals surface area contributed by atoms with Gasteiger partial charge in [0.2, 0.25) is 0 Å². The van der Waals surface area contributed by atoms with Gasteiger partial charge in [0.05, 0.1) is 39.2 Å². The number of hydrogen-bond donors (Lipinski definition) is 4. The van der Waals surface area contributed by atoms with E-state index in [-0.39, 0.29) is 23.3 Å². The summed E-state index contributed by atoms with van der Waals surface area (Å²) in [6.45, 7) is 0. The Labute approximate surface area is 282 Å². The summed E-state index contributed by atoms with van der Waals surface area (Å²) < 4.78 is 1.28. The summed E-state index contributed by atoms with van der Waals surface area (Å²) in [5.41, 5.74) is 3.65. The zero-order valence-corrected chi connectivity index (χ0v) is 27.2. The Morgan fingerprint density at radius 2 is 0.717 bits per heavy atom. The molecule has 46 heavy (non-hydrogen) atoms. The number of nitrogens with one attached hydrogen (secondary N) is 2. The van der Waals surface area contributed by atoms with Crippen LogP contribution < -0.4 is 10.6 Å². The molecular weight excluding hydrogens is 653 g/mol. The third-order valence-electron chi connectivity index (χ3n) is 7.10. The van der Waals surface area contributed by atoms with Gasteiger partial charge in [0.15, 0.2) is 0 Å². The van der Waals surface area contributed by atoms with Crippen molar-refractivity contribution in [2.45, 2.75) is 19.6 Å². The van der Waals surface area contributed by atoms with Crippen LogP contribution in [0.25, 0.3) is 11.1 Å². The predicted molar refractivity (Wildman–Crippen MR) is 190 cm³/mol. The molecule has 2 heterocycles. The summed E-state index contributed by atoms with van der Waals surface area (Å²) >= 11 is 5.01. The van der Waals surface area contributed by atoms with Crippen LogP contribution in [0.5, 0.6) is 11.5 Å². The van der Waals surface area contributed by atoms with Crippen molar-refractivity contribution in [3.63, 3.8) is 0 Å². The van der Waals surface area contributed by atoms with Crippen molar-refractivity contribution in [2.24, 2.45) is 0 Å². The lowest BCUT2D eigenvalue weighted by atomic mass is 10.1. The number of amides is 2. The summed E-state index contributed by atoms with van der Waals surface area (Å²) in [4.78, 5) is 29.3. The number of benzene rings is 5. The molecule has 0 bridgehead atoms. The number of para-hydroxylation sites is 2. The van der Waals surface area contributed by atoms with Crippen LogP contribution >= 0.6 is 47.0 Å². The van der Waals surface area contributed by atoms with E-state index < -0.39 is 0 Å². The Kier molecular flexibility index (Phi) is 8.59. The van der Waals surface area contributed by atoms with Crippen LogP contribution in [-0.2, 0) is 9.59 Å². The molecule has 0 spiro atoms. The van der Waals surface area contributed by atoms with E-state index in [9.17, 15) is 19.8 Å². The fourth-order valence-electron chi connectivity index (χ4n) is 4.95. The van der Waals surface area contributed by atoms with Crippen molar-refractivity contribution in [1.82, 2.24) is 0 Å². The van der Waals surface area contributed by atoms with Crippen molar-refractivity contribution < 1.29 is 19.8 Å². The molecule has 2 amide bonds. The number of fused-ring (bicyclic) bond motifs is 2. The summed E-state index contributed by atoms with van der Waals surface area (Å²) in [6, 6.07) is 37.1. The molecule has 10 heteroatoms. The Morgan fingerprint density at radius 3 is 1.02 bits per heavy atom. The average molecular weight is 677 g/mol. The van der Waals surface area contributed by atoms with E-state index in [1.54, 1.807) is 0 Å². The summed E-state index contributed by atoms with van der Waals surface area (Å²) in [5.74, 6) is -0.570. The number of phenols is 2. The lowest BCUT2D eigenvalue weighted by molar-refractivity contribution is -0.111. The highest BCUT2D eigenvalue weighted by Crippen LogP contribution is 2.68. The van der Waals surface area contributed by atoms with Gasteiger partial charge in [0.25, 0.3) is 11.8 Å². The molecule has 0 unspecified atom stereocenters. The van der Waals surface area contributed by atoms with Gasteiger partial charge in [-0.1, -0.05) is 144 Å². The zero-order chi connectivity index (χ0) is 31.6. The van der Waals surface area contributed by atoms with Crippen LogP contribution in [0.15, 0.2) is 149 Å². The highest BCUT2D eigenvalue weighted by molar-refractivity contribution is 8.26. The monoisotopic (exact) mass is 676 g/mol. The fourth-order valence-corrected chi connectivity index (χ4v) is 10.5. The Hall–Kier alpha value is -4.48. The van der Waals surface area contributed by atoms with Gasteiger partial charge in [-0.2, -0.15) is 0 Å². The summed E-state index contributed by atoms with van der Waals surface area (Å²) in [6.07, 6.45) is 0. The summed E-state index contributed by atoms with van der Waals surface area (Å²) in [5, 5.41) is 29.2. The largest absolute Gasteiger partial charge is 0.505 e. The predicted octanol–water partition coefficient (Wildman–Crippen LogP) is 9.51. The minimum atomic E-state index is -0.294. The van der Waals surface area contributed by atoms with Gasteiger partial charge in [-0.3, -0.25) is 9.59 Å². The molecule has 0 atom stereocenters. The minimum Gasteiger partial charge on any atom is -0.505 e. The van der Waals surface area contributed by atoms with Crippen molar-refractivity contribution in [3.8, 4) is 11.5 Å². The van der Waals surface area contributed by atoms with Crippen LogP contribution in [0, 0.1) is 0 Å². The number of hydrogen-bond acceptors (Lipinski definition) is 8. The number of carbonyl (C=O) groups is 2. The minimum absolute atomic E-state index is 0.00885. The number of rotatable bonds is 6. The van der Waals surface area contributed by atoms with E-state index in [0.717, 1.165) is 11.1 Å². The Morgan fingerprint density at radius 1 is 0.435 bits per heavy atom. The van der Waals surface area contributed by atoms with Crippen molar-refractivity contribution in [2.75, 3.05) is 10.6 Å². The highest BCUT2D eigenvalue weighted by Gasteiger charge is 2.38. The second-order valence-corrected chi connectivity index (χ2v) is 14.7. The van der Waals surface area contributed by atoms with Gasteiger partial charge < -0.3 is 20.8 Å². The standard InChI is InChI=1S/C36H24N2O4S4/c39-27-29-30(44-35(43-29)25(21-13-5-1-6-14-21)33(41)37-23-17-9-3-10-18-23)28(40)32-31(27)45-36(46-32)26(22-15-7-2-8-16-22)34(42)38-24-19-11-4-12-20-24/h1-20,39-40H,(H,37,41)(H,38,42). The number of carbonyl (C=O) groups excluding carboxylic acids is 2. The maximum atomic E-state index is 13.7. The lowest BCUT2D eigenvalue weighted by Crippen LogP contribution is -2.14. The van der Waals surface area contributed by atoms with Crippen molar-refractivity contribution in [3.05, 3.63) is 141 Å². The smallest absolute Gasteiger partial charge is 0.257 e. The first-order chi connectivity index (χ1) is 22.5. The second-order valence-electron chi connectivity index (χ2n) is 10.1. The van der Waals surface area contributed by atoms with Crippen LogP contribution in [0.2, 0.25) is 0 Å². The van der Waals surface area contributed by atoms with Gasteiger partial charge >= 0.3 is 0 Å². The molecule has 226 valence electrons. The van der Waals surface area contributed by atoms with E-state index in [1.165, 1.54) is 47.0 Å². The molecule has 4 N–H and O–H groups in total. The maximum Gasteiger partial charge on any atom is 0.257 e. The van der Waals surface area contributed by atoms with E-state index >= 15 is 0 Å². The number of phenolic OH excluding ortho intramolecular Hbond substituents is 2. The molecule has 0 aliphatic carbocycles. The van der Waals surface area contributed by atoms with Crippen LogP contribution in [0.4, 0.5) is 11.4 Å². The van der Waals surface area contributed by atoms with Crippen molar-refractivity contribution >= 4 is 81.4 Å². The number of anilines is 2. The molecule has 0 saturated carbocycles. The van der Waals surface area contributed by atoms with Gasteiger partial charge in [0.1, 0.15) is 11.5 Å². The molecule has 0 radical (unpaired) electrons. The third kappa shape index (κ3) is 5.92. The quantitative estimate of drug-likeness (QED) is 0.104. The molecule has 2 aliphatic rings. The zero-order valence-electron chi connectivity index (χ0n) is 23.9. The molecule has 0 saturated heterocycles. The van der Waals surface area contributed by atoms with Crippen LogP contribution in [0.1, 0.15) is 11.1 Å². The Bertz CT molecular complexity index is 1850. The third-order valence-corrected chi connectivity index (χ3v) is 12.3. The molecule has 6 nitrogen and oxygen atoms in total. The first-order valence-corrected chi connectivity index (χ1v) is 17.4. The highest BCUT2D eigenvalue weighted by atomic mass is 32.2. The lowest BCUT2D eigenvalue weighted by Gasteiger charge is -2.12. The maximum absolute atomic E-state index is 13.7. The molecule has 7 rings (SSSR count). The van der Waals surface area contributed by atoms with E-state index in [2.05, 4.69) is 10.6 Å². The van der Waals surface area contributed by atoms with Gasteiger partial charge in [-0.05, 0) is 35.4 Å². The first-order valence-electron chi connectivity index (χ1n) is 14.1. The number of thioether (sulfide) groups is 4. The topological polar surface area (TPSA) is 98.7 Å². The molecule has 0 aromatic heterocycles.